The highest BCUT2D eigenvalue weighted by Gasteiger charge is 2.02. The Morgan fingerprint density at radius 3 is 2.72 bits per heavy atom. The Hall–Kier alpha value is -0.740. The van der Waals surface area contributed by atoms with Gasteiger partial charge in [0.2, 0.25) is 0 Å². The number of hydrogen-bond donors (Lipinski definition) is 2. The molecule has 1 aromatic rings. The molecule has 0 unspecified atom stereocenters. The molecule has 0 aliphatic carbocycles. The Balaban J connectivity index is 2.24. The van der Waals surface area contributed by atoms with Crippen LogP contribution in [0.2, 0.25) is 0 Å². The molecule has 102 valence electrons. The average Bonchev–Trinajstić information content (AvgIpc) is 2.32. The molecule has 3 nitrogen and oxygen atoms in total. The SMILES string of the molecule is CC(C)N(C)CCCCNc1cc(Br)ccc1N. The van der Waals surface area contributed by atoms with Gasteiger partial charge >= 0.3 is 0 Å². The van der Waals surface area contributed by atoms with Gasteiger partial charge in [0, 0.05) is 17.1 Å². The van der Waals surface area contributed by atoms with E-state index >= 15 is 0 Å². The minimum atomic E-state index is 0.624. The maximum Gasteiger partial charge on any atom is 0.0585 e. The fourth-order valence-electron chi connectivity index (χ4n) is 1.65. The number of nitrogens with one attached hydrogen (secondary N) is 1. The van der Waals surface area contributed by atoms with Crippen molar-refractivity contribution >= 4 is 27.3 Å². The maximum atomic E-state index is 5.90. The van der Waals surface area contributed by atoms with Crippen molar-refractivity contribution < 1.29 is 0 Å². The number of halogens is 1. The van der Waals surface area contributed by atoms with E-state index in [2.05, 4.69) is 47.0 Å². The van der Waals surface area contributed by atoms with Crippen molar-refractivity contribution in [3.8, 4) is 0 Å². The van der Waals surface area contributed by atoms with E-state index in [0.717, 1.165) is 35.4 Å². The lowest BCUT2D eigenvalue weighted by Gasteiger charge is -2.20. The predicted molar refractivity (Wildman–Crippen MR) is 84.0 cm³/mol. The number of nitrogens with two attached hydrogens (primary N) is 1. The van der Waals surface area contributed by atoms with Crippen molar-refractivity contribution in [2.45, 2.75) is 32.7 Å². The first-order valence-electron chi connectivity index (χ1n) is 6.50. The average molecular weight is 314 g/mol. The van der Waals surface area contributed by atoms with Gasteiger partial charge in [-0.3, -0.25) is 0 Å². The third-order valence-corrected chi connectivity index (χ3v) is 3.64. The van der Waals surface area contributed by atoms with Crippen LogP contribution >= 0.6 is 15.9 Å². The molecule has 0 fully saturated rings. The highest BCUT2D eigenvalue weighted by molar-refractivity contribution is 9.10. The standard InChI is InChI=1S/C14H24BrN3/c1-11(2)18(3)9-5-4-8-17-14-10-12(15)6-7-13(14)16/h6-7,10-11,17H,4-5,8-9,16H2,1-3H3. The molecule has 0 saturated carbocycles. The molecule has 0 spiro atoms. The van der Waals surface area contributed by atoms with Gasteiger partial charge in [-0.2, -0.15) is 0 Å². The second kappa shape index (κ2) is 7.64. The summed E-state index contributed by atoms with van der Waals surface area (Å²) in [6.07, 6.45) is 2.36. The molecule has 1 aromatic carbocycles. The van der Waals surface area contributed by atoms with Crippen LogP contribution in [0.25, 0.3) is 0 Å². The van der Waals surface area contributed by atoms with Crippen LogP contribution in [0.15, 0.2) is 22.7 Å². The van der Waals surface area contributed by atoms with Gasteiger partial charge in [0.15, 0.2) is 0 Å². The number of hydrogen-bond acceptors (Lipinski definition) is 3. The zero-order valence-electron chi connectivity index (χ0n) is 11.5. The molecule has 18 heavy (non-hydrogen) atoms. The van der Waals surface area contributed by atoms with Crippen LogP contribution in [0.4, 0.5) is 11.4 Å². The molecule has 0 heterocycles. The molecule has 0 aliphatic rings. The summed E-state index contributed by atoms with van der Waals surface area (Å²) in [5.74, 6) is 0. The number of unbranched alkanes of at least 4 members (excludes halogenated alkanes) is 1. The van der Waals surface area contributed by atoms with E-state index in [-0.39, 0.29) is 0 Å². The van der Waals surface area contributed by atoms with Crippen LogP contribution in [-0.4, -0.2) is 31.1 Å². The minimum absolute atomic E-state index is 0.624. The van der Waals surface area contributed by atoms with Gasteiger partial charge in [-0.05, 0) is 58.5 Å². The number of nitrogen functional groups attached to an aromatic ring is 1. The van der Waals surface area contributed by atoms with Crippen LogP contribution in [0, 0.1) is 0 Å². The predicted octanol–water partition coefficient (Wildman–Crippen LogP) is 3.56. The van der Waals surface area contributed by atoms with Crippen LogP contribution in [0.1, 0.15) is 26.7 Å². The van der Waals surface area contributed by atoms with Gasteiger partial charge < -0.3 is 16.0 Å². The van der Waals surface area contributed by atoms with Crippen molar-refractivity contribution in [1.29, 1.82) is 0 Å². The van der Waals surface area contributed by atoms with Crippen molar-refractivity contribution in [1.82, 2.24) is 4.90 Å². The van der Waals surface area contributed by atoms with E-state index in [1.807, 2.05) is 18.2 Å². The number of nitrogens with zero attached hydrogens (tertiary/aromatic N) is 1. The van der Waals surface area contributed by atoms with Crippen molar-refractivity contribution in [3.63, 3.8) is 0 Å². The van der Waals surface area contributed by atoms with Crippen LogP contribution in [0.3, 0.4) is 0 Å². The minimum Gasteiger partial charge on any atom is -0.397 e. The highest BCUT2D eigenvalue weighted by Crippen LogP contribution is 2.23. The van der Waals surface area contributed by atoms with Gasteiger partial charge in [0.25, 0.3) is 0 Å². The Morgan fingerprint density at radius 1 is 1.33 bits per heavy atom. The highest BCUT2D eigenvalue weighted by atomic mass is 79.9. The molecule has 0 bridgehead atoms. The first-order valence-corrected chi connectivity index (χ1v) is 7.29. The molecule has 3 N–H and O–H groups in total. The molecule has 0 amide bonds. The van der Waals surface area contributed by atoms with E-state index < -0.39 is 0 Å². The van der Waals surface area contributed by atoms with Gasteiger partial charge in [0.1, 0.15) is 0 Å². The molecule has 4 heteroatoms. The Labute approximate surface area is 119 Å². The lowest BCUT2D eigenvalue weighted by Crippen LogP contribution is -2.27. The molecule has 0 saturated heterocycles. The molecular formula is C14H24BrN3. The zero-order valence-corrected chi connectivity index (χ0v) is 13.1. The van der Waals surface area contributed by atoms with E-state index in [1.165, 1.54) is 6.42 Å². The molecule has 1 rings (SSSR count). The second-order valence-electron chi connectivity index (χ2n) is 4.94. The maximum absolute atomic E-state index is 5.90. The zero-order chi connectivity index (χ0) is 13.5. The number of rotatable bonds is 7. The Bertz CT molecular complexity index is 366. The van der Waals surface area contributed by atoms with Crippen LogP contribution in [-0.2, 0) is 0 Å². The topological polar surface area (TPSA) is 41.3 Å². The Kier molecular flexibility index (Phi) is 6.50. The smallest absolute Gasteiger partial charge is 0.0585 e. The van der Waals surface area contributed by atoms with Gasteiger partial charge in [-0.1, -0.05) is 15.9 Å². The van der Waals surface area contributed by atoms with Gasteiger partial charge in [-0.15, -0.1) is 0 Å². The number of anilines is 2. The second-order valence-corrected chi connectivity index (χ2v) is 5.86. The largest absolute Gasteiger partial charge is 0.397 e. The van der Waals surface area contributed by atoms with Gasteiger partial charge in [-0.25, -0.2) is 0 Å². The first-order chi connectivity index (χ1) is 8.50. The lowest BCUT2D eigenvalue weighted by atomic mass is 10.2. The monoisotopic (exact) mass is 313 g/mol. The summed E-state index contributed by atoms with van der Waals surface area (Å²) < 4.78 is 1.05. The fraction of sp³-hybridized carbons (Fsp3) is 0.571. The summed E-state index contributed by atoms with van der Waals surface area (Å²) in [5, 5.41) is 3.38. The summed E-state index contributed by atoms with van der Waals surface area (Å²) >= 11 is 3.45. The molecule has 0 aromatic heterocycles. The van der Waals surface area contributed by atoms with Crippen molar-refractivity contribution in [2.75, 3.05) is 31.2 Å². The van der Waals surface area contributed by atoms with Crippen molar-refractivity contribution in [3.05, 3.63) is 22.7 Å². The van der Waals surface area contributed by atoms with E-state index in [9.17, 15) is 0 Å². The summed E-state index contributed by atoms with van der Waals surface area (Å²) in [7, 11) is 2.17. The molecular weight excluding hydrogens is 290 g/mol. The lowest BCUT2D eigenvalue weighted by molar-refractivity contribution is 0.269. The molecule has 0 aliphatic heterocycles. The summed E-state index contributed by atoms with van der Waals surface area (Å²) in [5.41, 5.74) is 7.72. The summed E-state index contributed by atoms with van der Waals surface area (Å²) in [6, 6.07) is 6.52. The third kappa shape index (κ3) is 5.27. The molecule has 0 radical (unpaired) electrons. The fourth-order valence-corrected chi connectivity index (χ4v) is 2.01. The van der Waals surface area contributed by atoms with Crippen LogP contribution < -0.4 is 11.1 Å². The van der Waals surface area contributed by atoms with Crippen LogP contribution in [0.5, 0.6) is 0 Å². The normalized spacial score (nSPS) is 11.2. The summed E-state index contributed by atoms with van der Waals surface area (Å²) in [6.45, 7) is 6.56. The van der Waals surface area contributed by atoms with E-state index in [0.29, 0.717) is 6.04 Å². The Morgan fingerprint density at radius 2 is 2.06 bits per heavy atom. The van der Waals surface area contributed by atoms with Gasteiger partial charge in [0.05, 0.1) is 11.4 Å². The third-order valence-electron chi connectivity index (χ3n) is 3.15. The number of benzene rings is 1. The van der Waals surface area contributed by atoms with E-state index in [4.69, 9.17) is 5.73 Å². The first kappa shape index (κ1) is 15.3. The van der Waals surface area contributed by atoms with Crippen molar-refractivity contribution in [2.24, 2.45) is 0 Å². The molecule has 0 atom stereocenters. The summed E-state index contributed by atoms with van der Waals surface area (Å²) in [4.78, 5) is 2.37. The van der Waals surface area contributed by atoms with E-state index in [1.54, 1.807) is 0 Å². The quantitative estimate of drug-likeness (QED) is 0.597.